The Morgan fingerprint density at radius 1 is 1.11 bits per heavy atom. The molecule has 0 aliphatic heterocycles. The van der Waals surface area contributed by atoms with Gasteiger partial charge in [0.15, 0.2) is 0 Å². The third-order valence-corrected chi connectivity index (χ3v) is 3.40. The van der Waals surface area contributed by atoms with Crippen LogP contribution in [0.1, 0.15) is 39.9 Å². The molecule has 2 aromatic rings. The molecule has 1 N–H and O–H groups in total. The van der Waals surface area contributed by atoms with Gasteiger partial charge in [-0.25, -0.2) is 4.39 Å². The van der Waals surface area contributed by atoms with Crippen LogP contribution in [-0.2, 0) is 0 Å². The normalized spacial score (nSPS) is 12.8. The van der Waals surface area contributed by atoms with Crippen molar-refractivity contribution in [3.63, 3.8) is 0 Å². The lowest BCUT2D eigenvalue weighted by atomic mass is 9.97. The molecule has 0 amide bonds. The molecule has 0 aliphatic carbocycles. The minimum atomic E-state index is -0.849. The van der Waals surface area contributed by atoms with Crippen molar-refractivity contribution in [2.45, 2.75) is 33.8 Å². The van der Waals surface area contributed by atoms with Crippen LogP contribution in [0, 0.1) is 33.5 Å². The highest BCUT2D eigenvalue weighted by Crippen LogP contribution is 2.31. The number of aliphatic hydroxyl groups is 1. The maximum absolute atomic E-state index is 13.5. The number of aryl methyl sites for hydroxylation is 3. The van der Waals surface area contributed by atoms with Crippen molar-refractivity contribution < 1.29 is 13.9 Å². The summed E-state index contributed by atoms with van der Waals surface area (Å²) in [6.45, 7) is 7.26. The Labute approximate surface area is 106 Å². The molecule has 3 heteroatoms. The average molecular weight is 248 g/mol. The monoisotopic (exact) mass is 248 g/mol. The second kappa shape index (κ2) is 4.58. The minimum absolute atomic E-state index is 0.304. The number of hydrogen-bond acceptors (Lipinski definition) is 2. The van der Waals surface area contributed by atoms with Gasteiger partial charge in [0.05, 0.1) is 0 Å². The molecule has 0 aliphatic rings. The van der Waals surface area contributed by atoms with Gasteiger partial charge < -0.3 is 9.52 Å². The third-order valence-electron chi connectivity index (χ3n) is 3.40. The second-order valence-corrected chi connectivity index (χ2v) is 4.66. The van der Waals surface area contributed by atoms with E-state index in [2.05, 4.69) is 0 Å². The van der Waals surface area contributed by atoms with E-state index in [0.717, 1.165) is 16.9 Å². The molecule has 18 heavy (non-hydrogen) atoms. The summed E-state index contributed by atoms with van der Waals surface area (Å²) in [4.78, 5) is 0. The van der Waals surface area contributed by atoms with Crippen LogP contribution in [-0.4, -0.2) is 5.11 Å². The topological polar surface area (TPSA) is 33.4 Å². The molecule has 0 bridgehead atoms. The van der Waals surface area contributed by atoms with Crippen LogP contribution in [0.5, 0.6) is 0 Å². The molecular formula is C15H17FO2. The number of hydrogen-bond donors (Lipinski definition) is 1. The molecule has 2 rings (SSSR count). The van der Waals surface area contributed by atoms with Crippen molar-refractivity contribution in [3.8, 4) is 0 Å². The first-order chi connectivity index (χ1) is 8.41. The van der Waals surface area contributed by atoms with Crippen LogP contribution < -0.4 is 0 Å². The number of benzene rings is 1. The van der Waals surface area contributed by atoms with Gasteiger partial charge in [-0.2, -0.15) is 0 Å². The summed E-state index contributed by atoms with van der Waals surface area (Å²) in [6.07, 6.45) is -0.849. The Kier molecular flexibility index (Phi) is 3.26. The zero-order chi connectivity index (χ0) is 13.4. The van der Waals surface area contributed by atoms with E-state index < -0.39 is 6.10 Å². The Balaban J connectivity index is 2.47. The van der Waals surface area contributed by atoms with Crippen molar-refractivity contribution in [2.75, 3.05) is 0 Å². The van der Waals surface area contributed by atoms with Gasteiger partial charge in [-0.3, -0.25) is 0 Å². The fourth-order valence-corrected chi connectivity index (χ4v) is 2.16. The SMILES string of the molecule is Cc1ccc(C(O)c2c(C)oc(C)c2C)cc1F. The summed E-state index contributed by atoms with van der Waals surface area (Å²) in [5, 5.41) is 10.4. The zero-order valence-electron chi connectivity index (χ0n) is 11.0. The molecule has 0 saturated carbocycles. The molecule has 96 valence electrons. The standard InChI is InChI=1S/C15H17FO2/c1-8-5-6-12(7-13(8)16)15(17)14-9(2)10(3)18-11(14)4/h5-7,15,17H,1-4H3. The predicted octanol–water partition coefficient (Wildman–Crippen LogP) is 3.73. The molecule has 1 aromatic heterocycles. The van der Waals surface area contributed by atoms with Gasteiger partial charge in [0.25, 0.3) is 0 Å². The van der Waals surface area contributed by atoms with Gasteiger partial charge in [-0.15, -0.1) is 0 Å². The van der Waals surface area contributed by atoms with Crippen LogP contribution in [0.4, 0.5) is 4.39 Å². The van der Waals surface area contributed by atoms with Crippen LogP contribution in [0.25, 0.3) is 0 Å². The van der Waals surface area contributed by atoms with E-state index in [0.29, 0.717) is 16.9 Å². The van der Waals surface area contributed by atoms with Crippen LogP contribution in [0.2, 0.25) is 0 Å². The van der Waals surface area contributed by atoms with Crippen LogP contribution in [0.15, 0.2) is 22.6 Å². The average Bonchev–Trinajstić information content (AvgIpc) is 2.56. The zero-order valence-corrected chi connectivity index (χ0v) is 11.0. The van der Waals surface area contributed by atoms with E-state index in [4.69, 9.17) is 4.42 Å². The second-order valence-electron chi connectivity index (χ2n) is 4.66. The molecule has 0 radical (unpaired) electrons. The van der Waals surface area contributed by atoms with Gasteiger partial charge in [-0.05, 0) is 50.5 Å². The summed E-state index contributed by atoms with van der Waals surface area (Å²) < 4.78 is 19.0. The molecule has 2 nitrogen and oxygen atoms in total. The number of halogens is 1. The first-order valence-electron chi connectivity index (χ1n) is 5.92. The number of rotatable bonds is 2. The lowest BCUT2D eigenvalue weighted by molar-refractivity contribution is 0.217. The Hall–Kier alpha value is -1.61. The summed E-state index contributed by atoms with van der Waals surface area (Å²) in [7, 11) is 0. The van der Waals surface area contributed by atoms with Gasteiger partial charge in [0, 0.05) is 5.56 Å². The van der Waals surface area contributed by atoms with E-state index in [9.17, 15) is 9.50 Å². The third kappa shape index (κ3) is 2.06. The maximum Gasteiger partial charge on any atom is 0.126 e. The van der Waals surface area contributed by atoms with Crippen molar-refractivity contribution >= 4 is 0 Å². The smallest absolute Gasteiger partial charge is 0.126 e. The van der Waals surface area contributed by atoms with E-state index in [1.165, 1.54) is 6.07 Å². The maximum atomic E-state index is 13.5. The van der Waals surface area contributed by atoms with Gasteiger partial charge in [-0.1, -0.05) is 12.1 Å². The first kappa shape index (κ1) is 12.8. The number of aliphatic hydroxyl groups excluding tert-OH is 1. The summed E-state index contributed by atoms with van der Waals surface area (Å²) >= 11 is 0. The van der Waals surface area contributed by atoms with E-state index in [1.54, 1.807) is 19.1 Å². The molecule has 1 unspecified atom stereocenters. The van der Waals surface area contributed by atoms with Gasteiger partial charge in [0.2, 0.25) is 0 Å². The van der Waals surface area contributed by atoms with E-state index >= 15 is 0 Å². The molecule has 1 atom stereocenters. The van der Waals surface area contributed by atoms with Gasteiger partial charge >= 0.3 is 0 Å². The highest BCUT2D eigenvalue weighted by Gasteiger charge is 2.21. The van der Waals surface area contributed by atoms with E-state index in [-0.39, 0.29) is 5.82 Å². The first-order valence-corrected chi connectivity index (χ1v) is 5.92. The molecule has 1 heterocycles. The van der Waals surface area contributed by atoms with Crippen molar-refractivity contribution in [1.82, 2.24) is 0 Å². The van der Waals surface area contributed by atoms with Crippen molar-refractivity contribution in [2.24, 2.45) is 0 Å². The highest BCUT2D eigenvalue weighted by atomic mass is 19.1. The van der Waals surface area contributed by atoms with E-state index in [1.807, 2.05) is 20.8 Å². The molecule has 0 spiro atoms. The summed E-state index contributed by atoms with van der Waals surface area (Å²) in [5.41, 5.74) is 2.77. The molecule has 1 aromatic carbocycles. The largest absolute Gasteiger partial charge is 0.466 e. The molecular weight excluding hydrogens is 231 g/mol. The van der Waals surface area contributed by atoms with Crippen LogP contribution >= 0.6 is 0 Å². The lowest BCUT2D eigenvalue weighted by Gasteiger charge is -2.12. The fraction of sp³-hybridized carbons (Fsp3) is 0.333. The predicted molar refractivity (Wildman–Crippen MR) is 68.1 cm³/mol. The van der Waals surface area contributed by atoms with Crippen molar-refractivity contribution in [1.29, 1.82) is 0 Å². The Morgan fingerprint density at radius 2 is 1.78 bits per heavy atom. The summed E-state index contributed by atoms with van der Waals surface area (Å²) in [6, 6.07) is 4.79. The van der Waals surface area contributed by atoms with Crippen LogP contribution in [0.3, 0.4) is 0 Å². The molecule has 0 saturated heterocycles. The highest BCUT2D eigenvalue weighted by molar-refractivity contribution is 5.39. The Morgan fingerprint density at radius 3 is 2.28 bits per heavy atom. The number of furan rings is 1. The van der Waals surface area contributed by atoms with Gasteiger partial charge in [0.1, 0.15) is 23.4 Å². The fourth-order valence-electron chi connectivity index (χ4n) is 2.16. The summed E-state index contributed by atoms with van der Waals surface area (Å²) in [5.74, 6) is 1.16. The van der Waals surface area contributed by atoms with Crippen molar-refractivity contribution in [3.05, 3.63) is 57.8 Å². The lowest BCUT2D eigenvalue weighted by Crippen LogP contribution is -2.03. The Bertz CT molecular complexity index is 584. The quantitative estimate of drug-likeness (QED) is 0.878. The molecule has 0 fully saturated rings. The minimum Gasteiger partial charge on any atom is -0.466 e.